The van der Waals surface area contributed by atoms with Gasteiger partial charge in [-0.25, -0.2) is 4.39 Å². The summed E-state index contributed by atoms with van der Waals surface area (Å²) in [6.07, 6.45) is 0.625. The van der Waals surface area contributed by atoms with Crippen LogP contribution in [-0.4, -0.2) is 21.7 Å². The van der Waals surface area contributed by atoms with Crippen LogP contribution in [0, 0.1) is 19.7 Å². The van der Waals surface area contributed by atoms with Crippen LogP contribution in [0.5, 0.6) is 0 Å². The van der Waals surface area contributed by atoms with E-state index in [1.54, 1.807) is 0 Å². The molecule has 2 aromatic rings. The minimum absolute atomic E-state index is 0.0430. The second kappa shape index (κ2) is 6.58. The number of hydrogen-bond donors (Lipinski definition) is 2. The van der Waals surface area contributed by atoms with Crippen molar-refractivity contribution in [1.29, 1.82) is 0 Å². The average molecular weight is 339 g/mol. The number of nitrogens with zero attached hydrogens (tertiary/aromatic N) is 2. The molecular formula is C16H20ClFN4O. The molecule has 1 atom stereocenters. The number of nitrogens with two attached hydrogens (primary N) is 1. The largest absolute Gasteiger partial charge is 0.396 e. The van der Waals surface area contributed by atoms with Crippen molar-refractivity contribution in [2.24, 2.45) is 7.05 Å². The summed E-state index contributed by atoms with van der Waals surface area (Å²) < 4.78 is 15.4. The molecule has 0 aliphatic rings. The summed E-state index contributed by atoms with van der Waals surface area (Å²) in [6, 6.07) is 2.28. The fourth-order valence-corrected chi connectivity index (χ4v) is 2.75. The van der Waals surface area contributed by atoms with Gasteiger partial charge in [0, 0.05) is 23.8 Å². The molecule has 5 nitrogen and oxygen atoms in total. The van der Waals surface area contributed by atoms with Crippen molar-refractivity contribution in [1.82, 2.24) is 15.1 Å². The molecule has 7 heteroatoms. The maximum absolute atomic E-state index is 13.6. The summed E-state index contributed by atoms with van der Waals surface area (Å²) >= 11 is 5.79. The van der Waals surface area contributed by atoms with Crippen LogP contribution in [0.2, 0.25) is 5.02 Å². The van der Waals surface area contributed by atoms with Crippen LogP contribution in [0.15, 0.2) is 12.1 Å². The molecule has 124 valence electrons. The molecule has 23 heavy (non-hydrogen) atoms. The highest BCUT2D eigenvalue weighted by molar-refractivity contribution is 6.31. The number of aromatic nitrogens is 2. The minimum Gasteiger partial charge on any atom is -0.396 e. The molecule has 1 heterocycles. The van der Waals surface area contributed by atoms with Gasteiger partial charge >= 0.3 is 0 Å². The number of carbonyl (C=O) groups excluding carboxylic acids is 1. The smallest absolute Gasteiger partial charge is 0.253 e. The van der Waals surface area contributed by atoms with Crippen LogP contribution < -0.4 is 11.1 Å². The minimum atomic E-state index is -0.700. The zero-order chi connectivity index (χ0) is 17.3. The summed E-state index contributed by atoms with van der Waals surface area (Å²) in [5.41, 5.74) is 8.54. The molecule has 1 aromatic carbocycles. The number of halogens is 2. The predicted molar refractivity (Wildman–Crippen MR) is 89.1 cm³/mol. The van der Waals surface area contributed by atoms with Crippen molar-refractivity contribution in [2.75, 3.05) is 5.73 Å². The Hall–Kier alpha value is -2.08. The Morgan fingerprint density at radius 1 is 1.48 bits per heavy atom. The summed E-state index contributed by atoms with van der Waals surface area (Å²) in [5, 5.41) is 7.31. The molecular weight excluding hydrogens is 319 g/mol. The van der Waals surface area contributed by atoms with Crippen LogP contribution in [0.25, 0.3) is 0 Å². The fourth-order valence-electron chi connectivity index (χ4n) is 2.54. The average Bonchev–Trinajstić information content (AvgIpc) is 2.69. The lowest BCUT2D eigenvalue weighted by atomic mass is 10.0. The van der Waals surface area contributed by atoms with Gasteiger partial charge in [0.2, 0.25) is 0 Å². The third kappa shape index (κ3) is 3.64. The summed E-state index contributed by atoms with van der Waals surface area (Å²) in [7, 11) is 1.88. The number of nitrogen functional groups attached to an aromatic ring is 1. The number of aryl methyl sites for hydroxylation is 2. The van der Waals surface area contributed by atoms with E-state index in [1.807, 2.05) is 32.5 Å². The molecule has 3 N–H and O–H groups in total. The molecule has 0 unspecified atom stereocenters. The van der Waals surface area contributed by atoms with Crippen LogP contribution in [0.4, 0.5) is 10.1 Å². The first-order valence-corrected chi connectivity index (χ1v) is 7.63. The van der Waals surface area contributed by atoms with E-state index in [1.165, 1.54) is 6.07 Å². The maximum Gasteiger partial charge on any atom is 0.253 e. The summed E-state index contributed by atoms with van der Waals surface area (Å²) in [4.78, 5) is 12.3. The lowest BCUT2D eigenvalue weighted by Gasteiger charge is -2.15. The number of amides is 1. The Balaban J connectivity index is 2.14. The van der Waals surface area contributed by atoms with Crippen molar-refractivity contribution in [2.45, 2.75) is 33.2 Å². The van der Waals surface area contributed by atoms with E-state index in [-0.39, 0.29) is 22.3 Å². The first kappa shape index (κ1) is 17.3. The number of rotatable bonds is 4. The number of hydrogen-bond acceptors (Lipinski definition) is 3. The Bertz CT molecular complexity index is 757. The topological polar surface area (TPSA) is 72.9 Å². The van der Waals surface area contributed by atoms with Gasteiger partial charge in [-0.1, -0.05) is 11.6 Å². The Labute approximate surface area is 139 Å². The zero-order valence-electron chi connectivity index (χ0n) is 13.6. The van der Waals surface area contributed by atoms with Gasteiger partial charge in [0.1, 0.15) is 5.82 Å². The van der Waals surface area contributed by atoms with Crippen LogP contribution in [0.1, 0.15) is 34.2 Å². The van der Waals surface area contributed by atoms with E-state index in [9.17, 15) is 9.18 Å². The lowest BCUT2D eigenvalue weighted by Crippen LogP contribution is -2.34. The number of anilines is 1. The lowest BCUT2D eigenvalue weighted by molar-refractivity contribution is 0.0940. The van der Waals surface area contributed by atoms with E-state index in [0.717, 1.165) is 23.0 Å². The standard InChI is InChI=1S/C16H20ClFN4O/c1-8(5-12-9(2)21-22(4)10(12)3)20-16(23)13-6-11(17)7-14(18)15(13)19/h6-8H,5,19H2,1-4H3,(H,20,23)/t8-/m0/s1. The third-order valence-electron chi connectivity index (χ3n) is 3.89. The number of benzene rings is 1. The Kier molecular flexibility index (Phi) is 4.94. The molecule has 0 radical (unpaired) electrons. The molecule has 0 saturated carbocycles. The van der Waals surface area contributed by atoms with Gasteiger partial charge in [-0.05, 0) is 44.9 Å². The molecule has 1 aromatic heterocycles. The van der Waals surface area contributed by atoms with Gasteiger partial charge in [-0.3, -0.25) is 9.48 Å². The Morgan fingerprint density at radius 2 is 2.13 bits per heavy atom. The van der Waals surface area contributed by atoms with Crippen LogP contribution in [0.3, 0.4) is 0 Å². The van der Waals surface area contributed by atoms with E-state index in [0.29, 0.717) is 6.42 Å². The monoisotopic (exact) mass is 338 g/mol. The van der Waals surface area contributed by atoms with E-state index in [4.69, 9.17) is 17.3 Å². The van der Waals surface area contributed by atoms with Gasteiger partial charge in [0.25, 0.3) is 5.91 Å². The van der Waals surface area contributed by atoms with Crippen LogP contribution in [-0.2, 0) is 13.5 Å². The van der Waals surface area contributed by atoms with Crippen molar-refractivity contribution in [3.63, 3.8) is 0 Å². The summed E-state index contributed by atoms with van der Waals surface area (Å²) in [6.45, 7) is 5.79. The third-order valence-corrected chi connectivity index (χ3v) is 4.10. The molecule has 0 aliphatic heterocycles. The van der Waals surface area contributed by atoms with Crippen molar-refractivity contribution >= 4 is 23.2 Å². The normalized spacial score (nSPS) is 12.3. The van der Waals surface area contributed by atoms with E-state index < -0.39 is 11.7 Å². The van der Waals surface area contributed by atoms with Gasteiger partial charge in [0.05, 0.1) is 16.9 Å². The van der Waals surface area contributed by atoms with Crippen molar-refractivity contribution in [3.8, 4) is 0 Å². The molecule has 0 spiro atoms. The first-order chi connectivity index (χ1) is 10.7. The van der Waals surface area contributed by atoms with Gasteiger partial charge in [0.15, 0.2) is 0 Å². The molecule has 0 bridgehead atoms. The van der Waals surface area contributed by atoms with Gasteiger partial charge in [-0.15, -0.1) is 0 Å². The molecule has 2 rings (SSSR count). The van der Waals surface area contributed by atoms with Crippen LogP contribution >= 0.6 is 11.6 Å². The molecule has 1 amide bonds. The second-order valence-electron chi connectivity index (χ2n) is 5.70. The van der Waals surface area contributed by atoms with E-state index >= 15 is 0 Å². The van der Waals surface area contributed by atoms with Gasteiger partial charge < -0.3 is 11.1 Å². The number of carbonyl (C=O) groups is 1. The van der Waals surface area contributed by atoms with Crippen molar-refractivity contribution in [3.05, 3.63) is 45.5 Å². The molecule has 0 saturated heterocycles. The zero-order valence-corrected chi connectivity index (χ0v) is 14.3. The van der Waals surface area contributed by atoms with Gasteiger partial charge in [-0.2, -0.15) is 5.10 Å². The second-order valence-corrected chi connectivity index (χ2v) is 6.14. The highest BCUT2D eigenvalue weighted by Crippen LogP contribution is 2.22. The number of nitrogens with one attached hydrogen (secondary N) is 1. The first-order valence-electron chi connectivity index (χ1n) is 7.25. The summed E-state index contributed by atoms with van der Waals surface area (Å²) in [5.74, 6) is -1.15. The predicted octanol–water partition coefficient (Wildman–Crippen LogP) is 2.77. The molecule has 0 aliphatic carbocycles. The maximum atomic E-state index is 13.6. The SMILES string of the molecule is Cc1nn(C)c(C)c1C[C@H](C)NC(=O)c1cc(Cl)cc(F)c1N. The Morgan fingerprint density at radius 3 is 2.70 bits per heavy atom. The quantitative estimate of drug-likeness (QED) is 0.842. The van der Waals surface area contributed by atoms with E-state index in [2.05, 4.69) is 10.4 Å². The highest BCUT2D eigenvalue weighted by Gasteiger charge is 2.18. The highest BCUT2D eigenvalue weighted by atomic mass is 35.5. The molecule has 0 fully saturated rings. The van der Waals surface area contributed by atoms with Crippen molar-refractivity contribution < 1.29 is 9.18 Å². The fraction of sp³-hybridized carbons (Fsp3) is 0.375.